The Morgan fingerprint density at radius 3 is 3.29 bits per heavy atom. The molecule has 2 N–H and O–H groups in total. The number of thiazole rings is 1. The fraction of sp³-hybridized carbons (Fsp3) is 0.333. The van der Waals surface area contributed by atoms with E-state index in [0.29, 0.717) is 18.7 Å². The summed E-state index contributed by atoms with van der Waals surface area (Å²) in [6.07, 6.45) is 4.73. The van der Waals surface area contributed by atoms with Gasteiger partial charge in [0, 0.05) is 18.0 Å². The molecular weight excluding hydrogens is 198 g/mol. The van der Waals surface area contributed by atoms with Crippen LogP contribution in [0.3, 0.4) is 0 Å². The normalized spacial score (nSPS) is 10.9. The van der Waals surface area contributed by atoms with Crippen LogP contribution in [-0.4, -0.2) is 21.7 Å². The van der Waals surface area contributed by atoms with Crippen molar-refractivity contribution in [3.63, 3.8) is 0 Å². The van der Waals surface area contributed by atoms with Crippen molar-refractivity contribution >= 4 is 22.1 Å². The highest BCUT2D eigenvalue weighted by atomic mass is 32.1. The molecule has 0 aromatic carbocycles. The Balaban J connectivity index is 2.25. The van der Waals surface area contributed by atoms with E-state index < -0.39 is 0 Å². The number of nitrogens with zero attached hydrogens (tertiary/aromatic N) is 2. The summed E-state index contributed by atoms with van der Waals surface area (Å²) in [5.41, 5.74) is 6.01. The van der Waals surface area contributed by atoms with Crippen molar-refractivity contribution in [3.05, 3.63) is 23.5 Å². The van der Waals surface area contributed by atoms with Gasteiger partial charge in [0.25, 0.3) is 0 Å². The van der Waals surface area contributed by atoms with Gasteiger partial charge >= 0.3 is 0 Å². The van der Waals surface area contributed by atoms with E-state index in [4.69, 9.17) is 5.73 Å². The van der Waals surface area contributed by atoms with Crippen LogP contribution in [0.5, 0.6) is 0 Å². The highest BCUT2D eigenvalue weighted by Crippen LogP contribution is 2.14. The van der Waals surface area contributed by atoms with Gasteiger partial charge in [-0.05, 0) is 13.0 Å². The molecule has 0 aliphatic carbocycles. The first-order valence-electron chi connectivity index (χ1n) is 4.46. The van der Waals surface area contributed by atoms with Crippen molar-refractivity contribution in [1.82, 2.24) is 9.38 Å². The van der Waals surface area contributed by atoms with Crippen LogP contribution >= 0.6 is 11.3 Å². The van der Waals surface area contributed by atoms with Gasteiger partial charge in [-0.15, -0.1) is 11.3 Å². The molecule has 0 aliphatic rings. The highest BCUT2D eigenvalue weighted by molar-refractivity contribution is 7.15. The van der Waals surface area contributed by atoms with Crippen molar-refractivity contribution in [1.29, 1.82) is 0 Å². The summed E-state index contributed by atoms with van der Waals surface area (Å²) >= 11 is 1.52. The van der Waals surface area contributed by atoms with Crippen molar-refractivity contribution in [2.24, 2.45) is 5.73 Å². The Hall–Kier alpha value is -1.20. The number of carbonyl (C=O) groups excluding carboxylic acids is 1. The molecule has 2 aromatic rings. The van der Waals surface area contributed by atoms with Crippen molar-refractivity contribution < 1.29 is 4.79 Å². The molecule has 74 valence electrons. The van der Waals surface area contributed by atoms with Gasteiger partial charge in [-0.1, -0.05) is 0 Å². The van der Waals surface area contributed by atoms with Gasteiger partial charge in [-0.2, -0.15) is 0 Å². The fourth-order valence-electron chi connectivity index (χ4n) is 1.32. The molecule has 14 heavy (non-hydrogen) atoms. The van der Waals surface area contributed by atoms with E-state index in [1.807, 2.05) is 16.0 Å². The summed E-state index contributed by atoms with van der Waals surface area (Å²) in [5.74, 6) is 0.112. The minimum Gasteiger partial charge on any atom is -0.330 e. The molecule has 2 heterocycles. The van der Waals surface area contributed by atoms with Crippen LogP contribution in [0.1, 0.15) is 23.3 Å². The van der Waals surface area contributed by atoms with E-state index in [2.05, 4.69) is 4.98 Å². The molecular formula is C9H11N3OS. The molecule has 0 amide bonds. The van der Waals surface area contributed by atoms with Gasteiger partial charge in [0.05, 0.1) is 6.20 Å². The molecule has 0 saturated heterocycles. The fourth-order valence-corrected chi connectivity index (χ4v) is 2.01. The Morgan fingerprint density at radius 1 is 1.64 bits per heavy atom. The topological polar surface area (TPSA) is 60.4 Å². The lowest BCUT2D eigenvalue weighted by molar-refractivity contribution is 0.0975. The Labute approximate surface area is 85.4 Å². The van der Waals surface area contributed by atoms with Gasteiger partial charge in [0.1, 0.15) is 5.69 Å². The zero-order valence-electron chi connectivity index (χ0n) is 7.64. The van der Waals surface area contributed by atoms with E-state index in [1.165, 1.54) is 11.3 Å². The van der Waals surface area contributed by atoms with Gasteiger partial charge in [0.15, 0.2) is 10.7 Å². The van der Waals surface area contributed by atoms with Crippen LogP contribution in [0.15, 0.2) is 17.8 Å². The van der Waals surface area contributed by atoms with Crippen LogP contribution in [0.2, 0.25) is 0 Å². The molecule has 0 bridgehead atoms. The molecule has 0 radical (unpaired) electrons. The molecule has 2 rings (SSSR count). The minimum absolute atomic E-state index is 0.112. The van der Waals surface area contributed by atoms with Gasteiger partial charge in [0.2, 0.25) is 0 Å². The van der Waals surface area contributed by atoms with E-state index >= 15 is 0 Å². The average molecular weight is 209 g/mol. The number of carbonyl (C=O) groups is 1. The summed E-state index contributed by atoms with van der Waals surface area (Å²) in [4.78, 5) is 16.7. The molecule has 0 unspecified atom stereocenters. The summed E-state index contributed by atoms with van der Waals surface area (Å²) in [6.45, 7) is 0.553. The van der Waals surface area contributed by atoms with Gasteiger partial charge in [-0.25, -0.2) is 4.98 Å². The number of aromatic nitrogens is 2. The summed E-state index contributed by atoms with van der Waals surface area (Å²) in [7, 11) is 0. The van der Waals surface area contributed by atoms with Crippen LogP contribution in [-0.2, 0) is 0 Å². The zero-order chi connectivity index (χ0) is 9.97. The predicted molar refractivity (Wildman–Crippen MR) is 55.7 cm³/mol. The lowest BCUT2D eigenvalue weighted by atomic mass is 10.2. The van der Waals surface area contributed by atoms with Gasteiger partial charge in [-0.3, -0.25) is 9.20 Å². The van der Waals surface area contributed by atoms with Crippen LogP contribution in [0.25, 0.3) is 4.96 Å². The van der Waals surface area contributed by atoms with Crippen molar-refractivity contribution in [3.8, 4) is 0 Å². The van der Waals surface area contributed by atoms with Crippen LogP contribution in [0, 0.1) is 0 Å². The zero-order valence-corrected chi connectivity index (χ0v) is 8.46. The van der Waals surface area contributed by atoms with E-state index in [-0.39, 0.29) is 5.78 Å². The molecule has 0 spiro atoms. The smallest absolute Gasteiger partial charge is 0.194 e. The number of nitrogens with two attached hydrogens (primary N) is 1. The monoisotopic (exact) mass is 209 g/mol. The van der Waals surface area contributed by atoms with Crippen molar-refractivity contribution in [2.75, 3.05) is 6.54 Å². The number of hydrogen-bond donors (Lipinski definition) is 1. The lowest BCUT2D eigenvalue weighted by Gasteiger charge is -1.96. The Kier molecular flexibility index (Phi) is 2.60. The van der Waals surface area contributed by atoms with Crippen LogP contribution < -0.4 is 5.73 Å². The largest absolute Gasteiger partial charge is 0.330 e. The van der Waals surface area contributed by atoms with E-state index in [9.17, 15) is 4.79 Å². The first-order chi connectivity index (χ1) is 6.83. The number of imidazole rings is 1. The maximum absolute atomic E-state index is 11.7. The molecule has 2 aromatic heterocycles. The standard InChI is InChI=1S/C9H11N3OS/c10-3-1-2-8(13)7-6-11-9-12(7)4-5-14-9/h4-6H,1-3,10H2. The first kappa shape index (κ1) is 9.36. The number of hydrogen-bond acceptors (Lipinski definition) is 4. The molecule has 0 saturated carbocycles. The second kappa shape index (κ2) is 3.89. The number of ketones is 1. The second-order valence-corrected chi connectivity index (χ2v) is 3.89. The average Bonchev–Trinajstić information content (AvgIpc) is 2.74. The van der Waals surface area contributed by atoms with Crippen molar-refractivity contribution in [2.45, 2.75) is 12.8 Å². The molecule has 0 fully saturated rings. The summed E-state index contributed by atoms with van der Waals surface area (Å²) in [5, 5.41) is 1.92. The molecule has 0 atom stereocenters. The summed E-state index contributed by atoms with van der Waals surface area (Å²) < 4.78 is 1.82. The molecule has 5 heteroatoms. The SMILES string of the molecule is NCCCC(=O)c1cnc2sccn12. The second-order valence-electron chi connectivity index (χ2n) is 3.01. The van der Waals surface area contributed by atoms with E-state index in [0.717, 1.165) is 11.4 Å². The third-order valence-corrected chi connectivity index (χ3v) is 2.81. The number of rotatable bonds is 4. The maximum atomic E-state index is 11.7. The number of Topliss-reactive ketones (excluding diaryl/α,β-unsaturated/α-hetero) is 1. The first-order valence-corrected chi connectivity index (χ1v) is 5.34. The highest BCUT2D eigenvalue weighted by Gasteiger charge is 2.11. The maximum Gasteiger partial charge on any atom is 0.194 e. The Morgan fingerprint density at radius 2 is 2.50 bits per heavy atom. The van der Waals surface area contributed by atoms with Crippen LogP contribution in [0.4, 0.5) is 0 Å². The third kappa shape index (κ3) is 1.56. The predicted octanol–water partition coefficient (Wildman–Crippen LogP) is 1.32. The minimum atomic E-state index is 0.112. The molecule has 4 nitrogen and oxygen atoms in total. The number of fused-ring (bicyclic) bond motifs is 1. The van der Waals surface area contributed by atoms with Gasteiger partial charge < -0.3 is 5.73 Å². The van der Waals surface area contributed by atoms with E-state index in [1.54, 1.807) is 6.20 Å². The Bertz CT molecular complexity index is 446. The third-order valence-electron chi connectivity index (χ3n) is 2.04. The summed E-state index contributed by atoms with van der Waals surface area (Å²) in [6, 6.07) is 0. The molecule has 0 aliphatic heterocycles. The quantitative estimate of drug-likeness (QED) is 0.772. The lowest BCUT2D eigenvalue weighted by Crippen LogP contribution is -2.06.